The molecule has 1 unspecified atom stereocenters. The first-order valence-electron chi connectivity index (χ1n) is 8.69. The van der Waals surface area contributed by atoms with E-state index in [1.807, 2.05) is 0 Å². The molecule has 2 aromatic rings. The second kappa shape index (κ2) is 10.6. The number of nitrogens with one attached hydrogen (secondary N) is 1. The lowest BCUT2D eigenvalue weighted by molar-refractivity contribution is -0.148. The van der Waals surface area contributed by atoms with Crippen LogP contribution in [-0.2, 0) is 14.3 Å². The number of esters is 1. The lowest BCUT2D eigenvalue weighted by Gasteiger charge is -2.13. The molecule has 0 aliphatic heterocycles. The number of rotatable bonds is 9. The van der Waals surface area contributed by atoms with Crippen LogP contribution in [0.25, 0.3) is 6.08 Å². The molecule has 0 aliphatic carbocycles. The lowest BCUT2D eigenvalue weighted by Crippen LogP contribution is -2.29. The van der Waals surface area contributed by atoms with Gasteiger partial charge < -0.3 is 19.5 Å². The number of hydrogen-bond donors (Lipinski definition) is 1. The van der Waals surface area contributed by atoms with Gasteiger partial charge in [-0.3, -0.25) is 4.79 Å². The van der Waals surface area contributed by atoms with Gasteiger partial charge in [-0.1, -0.05) is 30.9 Å². The van der Waals surface area contributed by atoms with Gasteiger partial charge in [0.2, 0.25) is 0 Å². The van der Waals surface area contributed by atoms with Gasteiger partial charge in [0.15, 0.2) is 6.10 Å². The van der Waals surface area contributed by atoms with E-state index in [9.17, 15) is 9.59 Å². The molecule has 0 heterocycles. The molecule has 2 aromatic carbocycles. The van der Waals surface area contributed by atoms with Gasteiger partial charge in [0, 0.05) is 17.8 Å². The van der Waals surface area contributed by atoms with Crippen molar-refractivity contribution in [2.45, 2.75) is 13.0 Å². The summed E-state index contributed by atoms with van der Waals surface area (Å²) in [6, 6.07) is 14.1. The van der Waals surface area contributed by atoms with Crippen molar-refractivity contribution in [3.8, 4) is 11.5 Å². The largest absolute Gasteiger partial charge is 0.497 e. The first-order valence-corrected chi connectivity index (χ1v) is 8.69. The van der Waals surface area contributed by atoms with Crippen molar-refractivity contribution in [3.05, 3.63) is 72.8 Å². The minimum atomic E-state index is -0.946. The van der Waals surface area contributed by atoms with Crippen LogP contribution in [0.2, 0.25) is 0 Å². The van der Waals surface area contributed by atoms with Crippen LogP contribution >= 0.6 is 0 Å². The molecule has 0 fully saturated rings. The number of hydrogen-bond acceptors (Lipinski definition) is 5. The van der Waals surface area contributed by atoms with Crippen LogP contribution in [-0.4, -0.2) is 31.7 Å². The van der Waals surface area contributed by atoms with Crippen LogP contribution in [0.5, 0.6) is 11.5 Å². The zero-order chi connectivity index (χ0) is 20.4. The first-order chi connectivity index (χ1) is 13.5. The molecule has 6 nitrogen and oxygen atoms in total. The van der Waals surface area contributed by atoms with Crippen LogP contribution < -0.4 is 14.8 Å². The lowest BCUT2D eigenvalue weighted by atomic mass is 10.2. The van der Waals surface area contributed by atoms with E-state index in [0.29, 0.717) is 23.8 Å². The van der Waals surface area contributed by atoms with E-state index in [2.05, 4.69) is 11.9 Å². The minimum absolute atomic E-state index is 0.428. The Morgan fingerprint density at radius 1 is 1.14 bits per heavy atom. The molecule has 0 aliphatic rings. The van der Waals surface area contributed by atoms with Gasteiger partial charge in [-0.15, -0.1) is 0 Å². The SMILES string of the molecule is C=CCOc1ccc(/C=C/C(=O)OC(C)C(=O)Nc2cccc(OC)c2)cc1. The highest BCUT2D eigenvalue weighted by Crippen LogP contribution is 2.17. The summed E-state index contributed by atoms with van der Waals surface area (Å²) in [5, 5.41) is 2.68. The molecule has 1 amide bonds. The first kappa shape index (κ1) is 20.8. The van der Waals surface area contributed by atoms with Crippen molar-refractivity contribution in [2.75, 3.05) is 19.0 Å². The van der Waals surface area contributed by atoms with E-state index in [1.54, 1.807) is 67.8 Å². The normalized spacial score (nSPS) is 11.5. The molecule has 28 heavy (non-hydrogen) atoms. The van der Waals surface area contributed by atoms with Crippen molar-refractivity contribution >= 4 is 23.6 Å². The number of ether oxygens (including phenoxy) is 3. The van der Waals surface area contributed by atoms with Gasteiger partial charge in [-0.25, -0.2) is 4.79 Å². The maximum absolute atomic E-state index is 12.2. The molecule has 0 saturated carbocycles. The number of benzene rings is 2. The molecule has 0 aromatic heterocycles. The molecule has 0 bridgehead atoms. The standard InChI is InChI=1S/C22H23NO5/c1-4-14-27-19-11-8-17(9-12-19)10-13-21(24)28-16(2)22(25)23-18-6-5-7-20(15-18)26-3/h4-13,15-16H,1,14H2,2-3H3,(H,23,25)/b13-10+. The maximum Gasteiger partial charge on any atom is 0.331 e. The molecular formula is C22H23NO5. The summed E-state index contributed by atoms with van der Waals surface area (Å²) in [5.74, 6) is 0.285. The second-order valence-electron chi connectivity index (χ2n) is 5.80. The van der Waals surface area contributed by atoms with E-state index < -0.39 is 18.0 Å². The van der Waals surface area contributed by atoms with Gasteiger partial charge >= 0.3 is 5.97 Å². The van der Waals surface area contributed by atoms with Gasteiger partial charge in [0.25, 0.3) is 5.91 Å². The predicted octanol–water partition coefficient (Wildman–Crippen LogP) is 3.84. The molecule has 0 spiro atoms. The van der Waals surface area contributed by atoms with E-state index in [1.165, 1.54) is 13.0 Å². The summed E-state index contributed by atoms with van der Waals surface area (Å²) in [6.45, 7) is 5.52. The summed E-state index contributed by atoms with van der Waals surface area (Å²) >= 11 is 0. The maximum atomic E-state index is 12.2. The average Bonchev–Trinajstić information content (AvgIpc) is 2.71. The fourth-order valence-corrected chi connectivity index (χ4v) is 2.21. The number of methoxy groups -OCH3 is 1. The summed E-state index contributed by atoms with van der Waals surface area (Å²) in [6.07, 6.45) is 3.59. The molecule has 6 heteroatoms. The molecule has 1 N–H and O–H groups in total. The van der Waals surface area contributed by atoms with Gasteiger partial charge in [-0.05, 0) is 42.8 Å². The van der Waals surface area contributed by atoms with Crippen LogP contribution in [0, 0.1) is 0 Å². The molecular weight excluding hydrogens is 358 g/mol. The highest BCUT2D eigenvalue weighted by Gasteiger charge is 2.16. The predicted molar refractivity (Wildman–Crippen MR) is 108 cm³/mol. The Kier molecular flexibility index (Phi) is 7.84. The van der Waals surface area contributed by atoms with Gasteiger partial charge in [-0.2, -0.15) is 0 Å². The monoisotopic (exact) mass is 381 g/mol. The second-order valence-corrected chi connectivity index (χ2v) is 5.80. The Bertz CT molecular complexity index is 842. The topological polar surface area (TPSA) is 73.9 Å². The third kappa shape index (κ3) is 6.64. The van der Waals surface area contributed by atoms with Crippen molar-refractivity contribution in [2.24, 2.45) is 0 Å². The van der Waals surface area contributed by atoms with Crippen molar-refractivity contribution in [1.29, 1.82) is 0 Å². The Labute approximate surface area is 164 Å². The smallest absolute Gasteiger partial charge is 0.331 e. The molecule has 2 rings (SSSR count). The number of carbonyl (C=O) groups is 2. The molecule has 0 saturated heterocycles. The Balaban J connectivity index is 1.86. The van der Waals surface area contributed by atoms with Crippen LogP contribution in [0.15, 0.2) is 67.3 Å². The Morgan fingerprint density at radius 3 is 2.57 bits per heavy atom. The van der Waals surface area contributed by atoms with Gasteiger partial charge in [0.05, 0.1) is 7.11 Å². The van der Waals surface area contributed by atoms with Gasteiger partial charge in [0.1, 0.15) is 18.1 Å². The average molecular weight is 381 g/mol. The quantitative estimate of drug-likeness (QED) is 0.406. The number of anilines is 1. The Hall–Kier alpha value is -3.54. The Morgan fingerprint density at radius 2 is 1.89 bits per heavy atom. The van der Waals surface area contributed by atoms with E-state index in [0.717, 1.165) is 5.56 Å². The van der Waals surface area contributed by atoms with Crippen molar-refractivity contribution in [3.63, 3.8) is 0 Å². The number of amides is 1. The summed E-state index contributed by atoms with van der Waals surface area (Å²) in [5.41, 5.74) is 1.36. The molecule has 146 valence electrons. The minimum Gasteiger partial charge on any atom is -0.497 e. The summed E-state index contributed by atoms with van der Waals surface area (Å²) in [4.78, 5) is 24.1. The summed E-state index contributed by atoms with van der Waals surface area (Å²) < 4.78 is 15.6. The van der Waals surface area contributed by atoms with E-state index >= 15 is 0 Å². The highest BCUT2D eigenvalue weighted by atomic mass is 16.5. The summed E-state index contributed by atoms with van der Waals surface area (Å²) in [7, 11) is 1.54. The molecule has 1 atom stereocenters. The van der Waals surface area contributed by atoms with E-state index in [-0.39, 0.29) is 0 Å². The zero-order valence-electron chi connectivity index (χ0n) is 15.9. The van der Waals surface area contributed by atoms with Crippen LogP contribution in [0.4, 0.5) is 5.69 Å². The fraction of sp³-hybridized carbons (Fsp3) is 0.182. The van der Waals surface area contributed by atoms with E-state index in [4.69, 9.17) is 14.2 Å². The van der Waals surface area contributed by atoms with Crippen molar-refractivity contribution < 1.29 is 23.8 Å². The zero-order valence-corrected chi connectivity index (χ0v) is 15.9. The third-order valence-corrected chi connectivity index (χ3v) is 3.66. The van der Waals surface area contributed by atoms with Crippen molar-refractivity contribution in [1.82, 2.24) is 0 Å². The van der Waals surface area contributed by atoms with Crippen LogP contribution in [0.1, 0.15) is 12.5 Å². The molecule has 0 radical (unpaired) electrons. The third-order valence-electron chi connectivity index (χ3n) is 3.66. The van der Waals surface area contributed by atoms with Crippen LogP contribution in [0.3, 0.4) is 0 Å². The number of carbonyl (C=O) groups excluding carboxylic acids is 2. The highest BCUT2D eigenvalue weighted by molar-refractivity contribution is 5.96. The fourth-order valence-electron chi connectivity index (χ4n) is 2.21.